The van der Waals surface area contributed by atoms with Gasteiger partial charge >= 0.3 is 12.2 Å². The van der Waals surface area contributed by atoms with Crippen LogP contribution < -0.4 is 10.6 Å². The fourth-order valence-corrected chi connectivity index (χ4v) is 8.68. The number of likely N-dealkylation sites (tertiary alicyclic amines) is 2. The average molecular weight is 853 g/mol. The third-order valence-corrected chi connectivity index (χ3v) is 12.1. The lowest BCUT2D eigenvalue weighted by molar-refractivity contribution is -0.136. The van der Waals surface area contributed by atoms with E-state index in [2.05, 4.69) is 81.3 Å². The standard InChI is InChI=1S/C48H52N8O7/c1-28(2)41(53-47(59)62-4)45(57)55-21-9-12-39(55)43-49-26-38(52-43)35-20-19-33-22-32(17-18-34(33)23-35)29-13-15-30(16-14-29)37-25-50-44(51-37)40-24-36(61-3)27-56(40)46(58)42(54-48(60)63-5)31-10-7-6-8-11-31/h6-8,10-11,13-20,22-23,25-26,28,36,39-42H,9,12,21,24,27H2,1-5H3,(H,49,52)(H,50,51)(H,53,59)(H,54,60)/t36-,39?,40-,41-,42-/m0/s1. The summed E-state index contributed by atoms with van der Waals surface area (Å²) in [5.74, 6) is 0.815. The summed E-state index contributed by atoms with van der Waals surface area (Å²) in [5.41, 5.74) is 6.37. The van der Waals surface area contributed by atoms with Gasteiger partial charge in [0.25, 0.3) is 5.91 Å². The number of hydrogen-bond donors (Lipinski definition) is 4. The van der Waals surface area contributed by atoms with Gasteiger partial charge in [0.1, 0.15) is 23.7 Å². The number of benzene rings is 4. The molecule has 15 heteroatoms. The zero-order valence-electron chi connectivity index (χ0n) is 36.0. The van der Waals surface area contributed by atoms with Crippen molar-refractivity contribution in [3.8, 4) is 33.6 Å². The van der Waals surface area contributed by atoms with Gasteiger partial charge in [-0.05, 0) is 63.9 Å². The fraction of sp³-hybridized carbons (Fsp3) is 0.333. The molecule has 63 heavy (non-hydrogen) atoms. The smallest absolute Gasteiger partial charge is 0.407 e. The molecule has 0 radical (unpaired) electrons. The molecule has 0 spiro atoms. The maximum absolute atomic E-state index is 14.1. The van der Waals surface area contributed by atoms with Gasteiger partial charge in [0, 0.05) is 32.2 Å². The Labute approximate surface area is 365 Å². The Morgan fingerprint density at radius 1 is 0.683 bits per heavy atom. The van der Waals surface area contributed by atoms with E-state index in [0.29, 0.717) is 30.9 Å². The minimum absolute atomic E-state index is 0.112. The van der Waals surface area contributed by atoms with E-state index in [1.165, 1.54) is 14.2 Å². The molecule has 8 rings (SSSR count). The molecule has 2 saturated heterocycles. The van der Waals surface area contributed by atoms with Gasteiger partial charge in [-0.3, -0.25) is 9.59 Å². The molecule has 6 aromatic rings. The molecular weight excluding hydrogens is 801 g/mol. The van der Waals surface area contributed by atoms with Crippen molar-refractivity contribution in [3.63, 3.8) is 0 Å². The summed E-state index contributed by atoms with van der Waals surface area (Å²) in [5, 5.41) is 7.57. The van der Waals surface area contributed by atoms with Crippen molar-refractivity contribution in [2.45, 2.75) is 63.4 Å². The predicted octanol–water partition coefficient (Wildman–Crippen LogP) is 7.72. The summed E-state index contributed by atoms with van der Waals surface area (Å²) in [6.07, 6.45) is 4.22. The molecule has 0 bridgehead atoms. The lowest BCUT2D eigenvalue weighted by Crippen LogP contribution is -2.51. The Kier molecular flexibility index (Phi) is 12.6. The van der Waals surface area contributed by atoms with Crippen LogP contribution in [-0.2, 0) is 23.8 Å². The average Bonchev–Trinajstić information content (AvgIpc) is 4.16. The van der Waals surface area contributed by atoms with Gasteiger partial charge in [-0.25, -0.2) is 19.6 Å². The molecule has 5 atom stereocenters. The van der Waals surface area contributed by atoms with Crippen LogP contribution in [0.5, 0.6) is 0 Å². The number of aromatic nitrogens is 4. The SMILES string of the molecule is COC(=O)N[C@H](C(=O)N1C[C@@H](OC)C[C@H]1c1ncc(-c2ccc(-c3ccc4cc(-c5cnc(C6CCCN6C(=O)[C@@H](NC(=O)OC)C(C)C)[nH]5)ccc4c3)cc2)[nH]1)c1ccccc1. The van der Waals surface area contributed by atoms with Crippen molar-refractivity contribution in [2.75, 3.05) is 34.4 Å². The number of fused-ring (bicyclic) bond motifs is 1. The molecule has 326 valence electrons. The minimum atomic E-state index is -0.947. The summed E-state index contributed by atoms with van der Waals surface area (Å²) in [7, 11) is 4.19. The lowest BCUT2D eigenvalue weighted by Gasteiger charge is -2.30. The van der Waals surface area contributed by atoms with E-state index >= 15 is 0 Å². The number of amides is 4. The predicted molar refractivity (Wildman–Crippen MR) is 237 cm³/mol. The Hall–Kier alpha value is -7.00. The second-order valence-electron chi connectivity index (χ2n) is 16.3. The van der Waals surface area contributed by atoms with Crippen LogP contribution in [-0.4, -0.2) is 100 Å². The van der Waals surface area contributed by atoms with Gasteiger partial charge in [0.05, 0.1) is 56.2 Å². The minimum Gasteiger partial charge on any atom is -0.453 e. The summed E-state index contributed by atoms with van der Waals surface area (Å²) in [6.45, 7) is 4.73. The third-order valence-electron chi connectivity index (χ3n) is 12.1. The van der Waals surface area contributed by atoms with Crippen molar-refractivity contribution in [2.24, 2.45) is 5.92 Å². The Morgan fingerprint density at radius 2 is 1.27 bits per heavy atom. The fourth-order valence-electron chi connectivity index (χ4n) is 8.68. The van der Waals surface area contributed by atoms with Crippen molar-refractivity contribution in [1.29, 1.82) is 0 Å². The van der Waals surface area contributed by atoms with Crippen LogP contribution in [0.2, 0.25) is 0 Å². The largest absolute Gasteiger partial charge is 0.453 e. The lowest BCUT2D eigenvalue weighted by atomic mass is 9.98. The number of ether oxygens (including phenoxy) is 3. The number of carbonyl (C=O) groups is 4. The summed E-state index contributed by atoms with van der Waals surface area (Å²) in [4.78, 5) is 72.0. The Morgan fingerprint density at radius 3 is 1.92 bits per heavy atom. The summed E-state index contributed by atoms with van der Waals surface area (Å²) >= 11 is 0. The van der Waals surface area contributed by atoms with Crippen LogP contribution in [0.1, 0.15) is 68.4 Å². The molecule has 4 N–H and O–H groups in total. The monoisotopic (exact) mass is 852 g/mol. The van der Waals surface area contributed by atoms with E-state index < -0.39 is 30.3 Å². The van der Waals surface area contributed by atoms with Crippen LogP contribution in [0.4, 0.5) is 9.59 Å². The molecular formula is C48H52N8O7. The van der Waals surface area contributed by atoms with Crippen molar-refractivity contribution >= 4 is 34.8 Å². The van der Waals surface area contributed by atoms with Gasteiger partial charge in [0.2, 0.25) is 5.91 Å². The van der Waals surface area contributed by atoms with E-state index in [1.54, 1.807) is 30.3 Å². The maximum Gasteiger partial charge on any atom is 0.407 e. The maximum atomic E-state index is 14.1. The number of alkyl carbamates (subject to hydrolysis) is 2. The van der Waals surface area contributed by atoms with E-state index in [-0.39, 0.29) is 29.9 Å². The molecule has 1 unspecified atom stereocenters. The van der Waals surface area contributed by atoms with Gasteiger partial charge < -0.3 is 44.6 Å². The van der Waals surface area contributed by atoms with Crippen LogP contribution in [0, 0.1) is 5.92 Å². The Bertz CT molecular complexity index is 2590. The molecule has 0 aliphatic carbocycles. The highest BCUT2D eigenvalue weighted by molar-refractivity contribution is 5.91. The molecule has 0 saturated carbocycles. The second-order valence-corrected chi connectivity index (χ2v) is 16.3. The first-order chi connectivity index (χ1) is 30.5. The number of H-pyrrole nitrogens is 2. The first-order valence-electron chi connectivity index (χ1n) is 21.2. The van der Waals surface area contributed by atoms with E-state index in [1.807, 2.05) is 43.1 Å². The quantitative estimate of drug-likeness (QED) is 0.0958. The molecule has 2 aliphatic heterocycles. The summed E-state index contributed by atoms with van der Waals surface area (Å²) in [6, 6.07) is 27.8. The van der Waals surface area contributed by atoms with Gasteiger partial charge in [-0.2, -0.15) is 0 Å². The normalized spacial score (nSPS) is 18.3. The van der Waals surface area contributed by atoms with Crippen LogP contribution in [0.25, 0.3) is 44.4 Å². The Balaban J connectivity index is 0.957. The molecule has 15 nitrogen and oxygen atoms in total. The molecule has 2 fully saturated rings. The van der Waals surface area contributed by atoms with Gasteiger partial charge in [-0.1, -0.05) is 92.7 Å². The van der Waals surface area contributed by atoms with Gasteiger partial charge in [0.15, 0.2) is 0 Å². The molecule has 2 aliphatic rings. The van der Waals surface area contributed by atoms with Crippen molar-refractivity contribution in [3.05, 3.63) is 121 Å². The zero-order valence-corrected chi connectivity index (χ0v) is 36.0. The molecule has 4 heterocycles. The number of carbonyl (C=O) groups excluding carboxylic acids is 4. The molecule has 4 amide bonds. The highest BCUT2D eigenvalue weighted by Crippen LogP contribution is 2.37. The van der Waals surface area contributed by atoms with Crippen LogP contribution in [0.3, 0.4) is 0 Å². The molecule has 4 aromatic carbocycles. The van der Waals surface area contributed by atoms with Crippen molar-refractivity contribution < 1.29 is 33.4 Å². The number of nitrogens with zero attached hydrogens (tertiary/aromatic N) is 4. The number of aromatic amines is 2. The third kappa shape index (κ3) is 9.00. The van der Waals surface area contributed by atoms with Gasteiger partial charge in [-0.15, -0.1) is 0 Å². The number of hydrogen-bond acceptors (Lipinski definition) is 9. The van der Waals surface area contributed by atoms with E-state index in [9.17, 15) is 19.2 Å². The van der Waals surface area contributed by atoms with E-state index in [0.717, 1.165) is 63.1 Å². The molecule has 2 aromatic heterocycles. The second kappa shape index (κ2) is 18.5. The van der Waals surface area contributed by atoms with E-state index in [4.69, 9.17) is 24.2 Å². The topological polar surface area (TPSA) is 184 Å². The zero-order chi connectivity index (χ0) is 44.2. The highest BCUT2D eigenvalue weighted by Gasteiger charge is 2.42. The number of methoxy groups -OCH3 is 3. The first kappa shape index (κ1) is 42.7. The number of nitrogens with one attached hydrogen (secondary N) is 4. The van der Waals surface area contributed by atoms with Crippen LogP contribution >= 0.6 is 0 Å². The van der Waals surface area contributed by atoms with Crippen molar-refractivity contribution in [1.82, 2.24) is 40.4 Å². The number of imidazole rings is 2. The first-order valence-corrected chi connectivity index (χ1v) is 21.2. The highest BCUT2D eigenvalue weighted by atomic mass is 16.5. The number of rotatable bonds is 12. The van der Waals surface area contributed by atoms with Crippen LogP contribution in [0.15, 0.2) is 103 Å². The summed E-state index contributed by atoms with van der Waals surface area (Å²) < 4.78 is 15.3.